The molecule has 0 spiro atoms. The normalized spacial score (nSPS) is 18.4. The van der Waals surface area contributed by atoms with Crippen molar-refractivity contribution in [1.29, 1.82) is 0 Å². The van der Waals surface area contributed by atoms with Crippen LogP contribution in [0.3, 0.4) is 0 Å². The second-order valence-electron chi connectivity index (χ2n) is 5.87. The molecular weight excluding hydrogens is 230 g/mol. The third-order valence-electron chi connectivity index (χ3n) is 3.44. The van der Waals surface area contributed by atoms with Gasteiger partial charge < -0.3 is 4.90 Å². The zero-order valence-corrected chi connectivity index (χ0v) is 11.7. The Morgan fingerprint density at radius 2 is 2.00 bits per heavy atom. The van der Waals surface area contributed by atoms with Crippen molar-refractivity contribution in [2.24, 2.45) is 5.41 Å². The van der Waals surface area contributed by atoms with Gasteiger partial charge in [-0.25, -0.2) is 0 Å². The maximum Gasteiger partial charge on any atom is 0.227 e. The van der Waals surface area contributed by atoms with Gasteiger partial charge in [-0.3, -0.25) is 4.79 Å². The predicted molar refractivity (Wildman–Crippen MR) is 72.3 cm³/mol. The van der Waals surface area contributed by atoms with Gasteiger partial charge in [-0.05, 0) is 41.1 Å². The van der Waals surface area contributed by atoms with E-state index in [9.17, 15) is 4.79 Å². The fourth-order valence-corrected chi connectivity index (χ4v) is 3.14. The van der Waals surface area contributed by atoms with Crippen molar-refractivity contribution in [2.75, 3.05) is 13.1 Å². The highest BCUT2D eigenvalue weighted by atomic mass is 32.1. The number of hydrogen-bond donors (Lipinski definition) is 0. The van der Waals surface area contributed by atoms with Crippen LogP contribution in [-0.4, -0.2) is 23.9 Å². The van der Waals surface area contributed by atoms with Crippen LogP contribution >= 0.6 is 11.3 Å². The van der Waals surface area contributed by atoms with Crippen LogP contribution in [0.5, 0.6) is 0 Å². The molecule has 2 heterocycles. The van der Waals surface area contributed by atoms with E-state index in [2.05, 4.69) is 16.8 Å². The Kier molecular flexibility index (Phi) is 3.57. The maximum absolute atomic E-state index is 12.1. The summed E-state index contributed by atoms with van der Waals surface area (Å²) in [6.45, 7) is 7.83. The van der Waals surface area contributed by atoms with Gasteiger partial charge in [0.15, 0.2) is 0 Å². The Hall–Kier alpha value is -0.830. The predicted octanol–water partition coefficient (Wildman–Crippen LogP) is 3.50. The van der Waals surface area contributed by atoms with E-state index < -0.39 is 0 Å². The van der Waals surface area contributed by atoms with Crippen molar-refractivity contribution < 1.29 is 4.79 Å². The summed E-state index contributed by atoms with van der Waals surface area (Å²) in [5, 5.41) is 4.38. The highest BCUT2D eigenvalue weighted by Crippen LogP contribution is 2.31. The average molecular weight is 251 g/mol. The molecule has 17 heavy (non-hydrogen) atoms. The van der Waals surface area contributed by atoms with Crippen LogP contribution in [-0.2, 0) is 4.79 Å². The van der Waals surface area contributed by atoms with Crippen molar-refractivity contribution in [3.05, 3.63) is 22.4 Å². The molecule has 1 saturated heterocycles. The number of rotatable bonds is 1. The van der Waals surface area contributed by atoms with Crippen LogP contribution in [0.2, 0.25) is 0 Å². The first-order chi connectivity index (χ1) is 7.98. The molecule has 0 unspecified atom stereocenters. The first-order valence-electron chi connectivity index (χ1n) is 6.30. The zero-order chi connectivity index (χ0) is 12.5. The molecule has 0 N–H and O–H groups in total. The Morgan fingerprint density at radius 1 is 1.35 bits per heavy atom. The van der Waals surface area contributed by atoms with E-state index in [0.717, 1.165) is 25.9 Å². The minimum Gasteiger partial charge on any atom is -0.342 e. The third-order valence-corrected chi connectivity index (χ3v) is 4.14. The monoisotopic (exact) mass is 251 g/mol. The van der Waals surface area contributed by atoms with Gasteiger partial charge in [0, 0.05) is 18.5 Å². The van der Waals surface area contributed by atoms with Gasteiger partial charge in [-0.15, -0.1) is 0 Å². The maximum atomic E-state index is 12.1. The Bertz CT molecular complexity index is 369. The van der Waals surface area contributed by atoms with E-state index in [0.29, 0.717) is 11.8 Å². The number of piperidine rings is 1. The molecule has 0 bridgehead atoms. The number of thiophene rings is 1. The molecule has 2 nitrogen and oxygen atoms in total. The molecule has 1 fully saturated rings. The minimum atomic E-state index is -0.241. The lowest BCUT2D eigenvalue weighted by molar-refractivity contribution is -0.140. The smallest absolute Gasteiger partial charge is 0.227 e. The quantitative estimate of drug-likeness (QED) is 0.748. The van der Waals surface area contributed by atoms with Crippen molar-refractivity contribution in [1.82, 2.24) is 4.90 Å². The Morgan fingerprint density at radius 3 is 2.47 bits per heavy atom. The number of hydrogen-bond acceptors (Lipinski definition) is 2. The summed E-state index contributed by atoms with van der Waals surface area (Å²) < 4.78 is 0. The highest BCUT2D eigenvalue weighted by Gasteiger charge is 2.30. The van der Waals surface area contributed by atoms with E-state index in [1.165, 1.54) is 5.56 Å². The summed E-state index contributed by atoms with van der Waals surface area (Å²) in [7, 11) is 0. The number of carbonyl (C=O) groups excluding carboxylic acids is 1. The lowest BCUT2D eigenvalue weighted by atomic mass is 9.88. The summed E-state index contributed by atoms with van der Waals surface area (Å²) in [5.41, 5.74) is 1.22. The molecule has 2 rings (SSSR count). The molecule has 1 aromatic rings. The number of carbonyl (C=O) groups is 1. The summed E-state index contributed by atoms with van der Waals surface area (Å²) >= 11 is 1.76. The summed E-state index contributed by atoms with van der Waals surface area (Å²) in [6.07, 6.45) is 2.22. The number of amides is 1. The molecule has 94 valence electrons. The fourth-order valence-electron chi connectivity index (χ4n) is 2.40. The minimum absolute atomic E-state index is 0.241. The van der Waals surface area contributed by atoms with Crippen molar-refractivity contribution in [3.63, 3.8) is 0 Å². The second kappa shape index (κ2) is 4.81. The average Bonchev–Trinajstić information content (AvgIpc) is 2.80. The summed E-state index contributed by atoms with van der Waals surface area (Å²) in [6, 6.07) is 2.22. The van der Waals surface area contributed by atoms with Crippen LogP contribution in [0.1, 0.15) is 45.1 Å². The van der Waals surface area contributed by atoms with Crippen molar-refractivity contribution in [2.45, 2.75) is 39.5 Å². The Labute approximate surface area is 108 Å². The van der Waals surface area contributed by atoms with E-state index in [1.807, 2.05) is 25.7 Å². The summed E-state index contributed by atoms with van der Waals surface area (Å²) in [4.78, 5) is 14.2. The second-order valence-corrected chi connectivity index (χ2v) is 6.65. The van der Waals surface area contributed by atoms with E-state index in [-0.39, 0.29) is 5.41 Å². The van der Waals surface area contributed by atoms with Crippen LogP contribution in [0, 0.1) is 5.41 Å². The molecule has 1 aliphatic heterocycles. The van der Waals surface area contributed by atoms with Crippen molar-refractivity contribution >= 4 is 17.2 Å². The third kappa shape index (κ3) is 2.89. The van der Waals surface area contributed by atoms with Gasteiger partial charge in [0.2, 0.25) is 5.91 Å². The van der Waals surface area contributed by atoms with Crippen LogP contribution in [0.25, 0.3) is 0 Å². The zero-order valence-electron chi connectivity index (χ0n) is 10.9. The SMILES string of the molecule is CC(C)(C)C(=O)N1CCC(c2ccsc2)CC1. The van der Waals surface area contributed by atoms with Crippen molar-refractivity contribution in [3.8, 4) is 0 Å². The molecule has 1 aliphatic rings. The lowest BCUT2D eigenvalue weighted by Gasteiger charge is -2.35. The molecule has 1 amide bonds. The van der Waals surface area contributed by atoms with Gasteiger partial charge in [0.25, 0.3) is 0 Å². The van der Waals surface area contributed by atoms with E-state index in [1.54, 1.807) is 11.3 Å². The topological polar surface area (TPSA) is 20.3 Å². The highest BCUT2D eigenvalue weighted by molar-refractivity contribution is 7.07. The Balaban J connectivity index is 1.93. The molecule has 0 aliphatic carbocycles. The van der Waals surface area contributed by atoms with E-state index >= 15 is 0 Å². The molecule has 0 atom stereocenters. The standard InChI is InChI=1S/C14H21NOS/c1-14(2,3)13(16)15-7-4-11(5-8-15)12-6-9-17-10-12/h6,9-11H,4-5,7-8H2,1-3H3. The molecule has 0 saturated carbocycles. The summed E-state index contributed by atoms with van der Waals surface area (Å²) in [5.74, 6) is 0.950. The fraction of sp³-hybridized carbons (Fsp3) is 0.643. The van der Waals surface area contributed by atoms with E-state index in [4.69, 9.17) is 0 Å². The number of nitrogens with zero attached hydrogens (tertiary/aromatic N) is 1. The van der Waals surface area contributed by atoms with Crippen LogP contribution in [0.4, 0.5) is 0 Å². The molecule has 0 aromatic carbocycles. The first kappa shape index (κ1) is 12.6. The van der Waals surface area contributed by atoms with Gasteiger partial charge in [0.1, 0.15) is 0 Å². The molecule has 1 aromatic heterocycles. The molecule has 0 radical (unpaired) electrons. The van der Waals surface area contributed by atoms with Gasteiger partial charge in [0.05, 0.1) is 0 Å². The van der Waals surface area contributed by atoms with Gasteiger partial charge >= 0.3 is 0 Å². The lowest BCUT2D eigenvalue weighted by Crippen LogP contribution is -2.43. The van der Waals surface area contributed by atoms with Crippen LogP contribution in [0.15, 0.2) is 16.8 Å². The first-order valence-corrected chi connectivity index (χ1v) is 7.24. The molecular formula is C14H21NOS. The van der Waals surface area contributed by atoms with Gasteiger partial charge in [-0.1, -0.05) is 20.8 Å². The van der Waals surface area contributed by atoms with Gasteiger partial charge in [-0.2, -0.15) is 11.3 Å². The molecule has 3 heteroatoms. The van der Waals surface area contributed by atoms with Crippen LogP contribution < -0.4 is 0 Å². The largest absolute Gasteiger partial charge is 0.342 e. The number of likely N-dealkylation sites (tertiary alicyclic amines) is 1.